The van der Waals surface area contributed by atoms with Crippen molar-refractivity contribution in [3.8, 4) is 0 Å². The summed E-state index contributed by atoms with van der Waals surface area (Å²) in [5, 5.41) is 11.6. The van der Waals surface area contributed by atoms with Crippen molar-refractivity contribution in [1.82, 2.24) is 15.2 Å². The van der Waals surface area contributed by atoms with Crippen LogP contribution in [0.1, 0.15) is 29.4 Å². The zero-order valence-corrected chi connectivity index (χ0v) is 11.9. The largest absolute Gasteiger partial charge is 0.477 e. The predicted octanol–water partition coefficient (Wildman–Crippen LogP) is 1.10. The number of carboxylic acids is 1. The summed E-state index contributed by atoms with van der Waals surface area (Å²) in [7, 11) is 0. The third kappa shape index (κ3) is 4.16. The first-order valence-corrected chi connectivity index (χ1v) is 6.92. The fraction of sp³-hybridized carbons (Fsp3) is 0.500. The Morgan fingerprint density at radius 1 is 1.52 bits per heavy atom. The maximum Gasteiger partial charge on any atom is 0.354 e. The lowest BCUT2D eigenvalue weighted by Crippen LogP contribution is -2.49. The van der Waals surface area contributed by atoms with E-state index in [1.165, 1.54) is 12.3 Å². The number of pyridine rings is 1. The summed E-state index contributed by atoms with van der Waals surface area (Å²) in [5.41, 5.74) is 0.748. The molecule has 0 saturated carbocycles. The first-order chi connectivity index (χ1) is 10.1. The van der Waals surface area contributed by atoms with Crippen molar-refractivity contribution < 1.29 is 19.4 Å². The van der Waals surface area contributed by atoms with Gasteiger partial charge in [-0.25, -0.2) is 14.6 Å². The predicted molar refractivity (Wildman–Crippen MR) is 75.0 cm³/mol. The Morgan fingerprint density at radius 3 is 2.95 bits per heavy atom. The SMILES string of the molecule is CCC1CN(C(=O)NCc2ccc(C(=O)O)nc2)CCO1. The summed E-state index contributed by atoms with van der Waals surface area (Å²) in [5.74, 6) is -1.07. The number of nitrogens with one attached hydrogen (secondary N) is 1. The van der Waals surface area contributed by atoms with Gasteiger partial charge >= 0.3 is 12.0 Å². The van der Waals surface area contributed by atoms with Gasteiger partial charge in [-0.1, -0.05) is 13.0 Å². The quantitative estimate of drug-likeness (QED) is 0.867. The van der Waals surface area contributed by atoms with E-state index >= 15 is 0 Å². The number of morpholine rings is 1. The molecule has 2 rings (SSSR count). The molecule has 1 saturated heterocycles. The molecular formula is C14H19N3O4. The summed E-state index contributed by atoms with van der Waals surface area (Å²) < 4.78 is 5.52. The van der Waals surface area contributed by atoms with Gasteiger partial charge in [-0.3, -0.25) is 0 Å². The number of carbonyl (C=O) groups excluding carboxylic acids is 1. The van der Waals surface area contributed by atoms with Crippen LogP contribution in [0.3, 0.4) is 0 Å². The van der Waals surface area contributed by atoms with Gasteiger partial charge in [0.25, 0.3) is 0 Å². The van der Waals surface area contributed by atoms with E-state index in [2.05, 4.69) is 10.3 Å². The number of carboxylic acid groups (broad SMARTS) is 1. The first kappa shape index (κ1) is 15.2. The Bertz CT molecular complexity index is 503. The molecule has 1 aromatic rings. The number of nitrogens with zero attached hydrogens (tertiary/aromatic N) is 2. The molecule has 1 unspecified atom stereocenters. The molecular weight excluding hydrogens is 274 g/mol. The molecule has 0 aromatic carbocycles. The van der Waals surface area contributed by atoms with Crippen LogP contribution >= 0.6 is 0 Å². The molecule has 2 amide bonds. The van der Waals surface area contributed by atoms with E-state index in [9.17, 15) is 9.59 Å². The van der Waals surface area contributed by atoms with Gasteiger partial charge in [0, 0.05) is 25.8 Å². The van der Waals surface area contributed by atoms with Crippen molar-refractivity contribution in [2.24, 2.45) is 0 Å². The molecule has 0 bridgehead atoms. The molecule has 7 heteroatoms. The molecule has 1 atom stereocenters. The van der Waals surface area contributed by atoms with Crippen LogP contribution in [0.5, 0.6) is 0 Å². The zero-order chi connectivity index (χ0) is 15.2. The second-order valence-electron chi connectivity index (χ2n) is 4.86. The highest BCUT2D eigenvalue weighted by Gasteiger charge is 2.22. The number of hydrogen-bond donors (Lipinski definition) is 2. The van der Waals surface area contributed by atoms with Crippen LogP contribution in [0.15, 0.2) is 18.3 Å². The number of urea groups is 1. The van der Waals surface area contributed by atoms with Crippen molar-refractivity contribution in [3.63, 3.8) is 0 Å². The zero-order valence-electron chi connectivity index (χ0n) is 11.9. The molecule has 21 heavy (non-hydrogen) atoms. The van der Waals surface area contributed by atoms with Crippen LogP contribution in [-0.2, 0) is 11.3 Å². The number of carbonyl (C=O) groups is 2. The molecule has 2 heterocycles. The molecule has 1 aromatic heterocycles. The lowest BCUT2D eigenvalue weighted by molar-refractivity contribution is -0.0154. The average molecular weight is 293 g/mol. The smallest absolute Gasteiger partial charge is 0.354 e. The topological polar surface area (TPSA) is 91.8 Å². The normalized spacial score (nSPS) is 18.3. The molecule has 2 N–H and O–H groups in total. The van der Waals surface area contributed by atoms with E-state index in [1.807, 2.05) is 6.92 Å². The summed E-state index contributed by atoms with van der Waals surface area (Å²) >= 11 is 0. The van der Waals surface area contributed by atoms with E-state index in [0.29, 0.717) is 26.2 Å². The number of amides is 2. The van der Waals surface area contributed by atoms with E-state index in [4.69, 9.17) is 9.84 Å². The van der Waals surface area contributed by atoms with Gasteiger partial charge in [-0.05, 0) is 18.1 Å². The highest BCUT2D eigenvalue weighted by atomic mass is 16.5. The second-order valence-corrected chi connectivity index (χ2v) is 4.86. The average Bonchev–Trinajstić information content (AvgIpc) is 2.53. The maximum absolute atomic E-state index is 12.1. The van der Waals surface area contributed by atoms with Crippen molar-refractivity contribution >= 4 is 12.0 Å². The Balaban J connectivity index is 1.84. The minimum atomic E-state index is -1.07. The minimum absolute atomic E-state index is 0.0101. The van der Waals surface area contributed by atoms with Crippen LogP contribution < -0.4 is 5.32 Å². The van der Waals surface area contributed by atoms with Gasteiger partial charge < -0.3 is 20.1 Å². The molecule has 0 aliphatic carbocycles. The summed E-state index contributed by atoms with van der Waals surface area (Å²) in [6.45, 7) is 4.08. The fourth-order valence-corrected chi connectivity index (χ4v) is 2.10. The second kappa shape index (κ2) is 7.03. The van der Waals surface area contributed by atoms with E-state index < -0.39 is 5.97 Å². The van der Waals surface area contributed by atoms with Crippen molar-refractivity contribution in [3.05, 3.63) is 29.6 Å². The first-order valence-electron chi connectivity index (χ1n) is 6.92. The van der Waals surface area contributed by atoms with Crippen molar-refractivity contribution in [2.75, 3.05) is 19.7 Å². The Hall–Kier alpha value is -2.15. The lowest BCUT2D eigenvalue weighted by Gasteiger charge is -2.32. The Kier molecular flexibility index (Phi) is 5.10. The number of hydrogen-bond acceptors (Lipinski definition) is 4. The summed E-state index contributed by atoms with van der Waals surface area (Å²) in [6.07, 6.45) is 2.43. The third-order valence-corrected chi connectivity index (χ3v) is 3.37. The van der Waals surface area contributed by atoms with E-state index in [0.717, 1.165) is 12.0 Å². The molecule has 1 fully saturated rings. The summed E-state index contributed by atoms with van der Waals surface area (Å²) in [4.78, 5) is 28.3. The van der Waals surface area contributed by atoms with Crippen LogP contribution in [0.4, 0.5) is 4.79 Å². The van der Waals surface area contributed by atoms with Gasteiger partial charge in [0.1, 0.15) is 5.69 Å². The molecule has 7 nitrogen and oxygen atoms in total. The number of rotatable bonds is 4. The third-order valence-electron chi connectivity index (χ3n) is 3.37. The minimum Gasteiger partial charge on any atom is -0.477 e. The van der Waals surface area contributed by atoms with Gasteiger partial charge in [0.05, 0.1) is 12.7 Å². The van der Waals surface area contributed by atoms with E-state index in [-0.39, 0.29) is 17.8 Å². The molecule has 114 valence electrons. The standard InChI is InChI=1S/C14H19N3O4/c1-2-11-9-17(5-6-21-11)14(20)16-8-10-3-4-12(13(18)19)15-7-10/h3-4,7,11H,2,5-6,8-9H2,1H3,(H,16,20)(H,18,19). The van der Waals surface area contributed by atoms with E-state index in [1.54, 1.807) is 11.0 Å². The lowest BCUT2D eigenvalue weighted by atomic mass is 10.2. The fourth-order valence-electron chi connectivity index (χ4n) is 2.10. The van der Waals surface area contributed by atoms with Crippen LogP contribution in [0, 0.1) is 0 Å². The maximum atomic E-state index is 12.1. The van der Waals surface area contributed by atoms with Crippen molar-refractivity contribution in [2.45, 2.75) is 26.0 Å². The van der Waals surface area contributed by atoms with Gasteiger partial charge in [-0.15, -0.1) is 0 Å². The molecule has 1 aliphatic rings. The Labute approximate surface area is 122 Å². The Morgan fingerprint density at radius 2 is 2.33 bits per heavy atom. The molecule has 0 radical (unpaired) electrons. The van der Waals surface area contributed by atoms with Crippen LogP contribution in [0.2, 0.25) is 0 Å². The number of aromatic nitrogens is 1. The van der Waals surface area contributed by atoms with Gasteiger partial charge in [0.2, 0.25) is 0 Å². The monoisotopic (exact) mass is 293 g/mol. The highest BCUT2D eigenvalue weighted by molar-refractivity contribution is 5.85. The van der Waals surface area contributed by atoms with Gasteiger partial charge in [-0.2, -0.15) is 0 Å². The molecule has 0 spiro atoms. The van der Waals surface area contributed by atoms with Crippen LogP contribution in [-0.4, -0.2) is 52.8 Å². The number of aromatic carboxylic acids is 1. The molecule has 1 aliphatic heterocycles. The van der Waals surface area contributed by atoms with Crippen LogP contribution in [0.25, 0.3) is 0 Å². The van der Waals surface area contributed by atoms with Crippen molar-refractivity contribution in [1.29, 1.82) is 0 Å². The summed E-state index contributed by atoms with van der Waals surface area (Å²) in [6, 6.07) is 2.93. The van der Waals surface area contributed by atoms with Gasteiger partial charge in [0.15, 0.2) is 0 Å². The number of ether oxygens (including phenoxy) is 1. The highest BCUT2D eigenvalue weighted by Crippen LogP contribution is 2.08.